The van der Waals surface area contributed by atoms with Crippen molar-refractivity contribution in [3.05, 3.63) is 0 Å². The molecule has 0 aliphatic heterocycles. The fourth-order valence-corrected chi connectivity index (χ4v) is 2.05. The summed E-state index contributed by atoms with van der Waals surface area (Å²) in [5, 5.41) is 8.29. The first-order valence-electron chi connectivity index (χ1n) is 3.64. The van der Waals surface area contributed by atoms with Gasteiger partial charge in [-0.25, -0.2) is 0 Å². The third-order valence-electron chi connectivity index (χ3n) is 1.01. The van der Waals surface area contributed by atoms with Crippen LogP contribution in [0.3, 0.4) is 0 Å². The summed E-state index contributed by atoms with van der Waals surface area (Å²) in [6, 6.07) is 0. The average molecular weight is 194 g/mol. The van der Waals surface area contributed by atoms with E-state index in [0.717, 1.165) is 23.7 Å². The number of carboxylic acid groups (broad SMARTS) is 1. The molecule has 0 amide bonds. The Hall–Kier alpha value is 0.170. The maximum atomic E-state index is 10.1. The number of carboxylic acids is 1. The maximum Gasteiger partial charge on any atom is 0.313 e. The molecule has 0 aromatic rings. The Bertz CT molecular complexity index is 107. The molecular weight excluding hydrogens is 180 g/mol. The van der Waals surface area contributed by atoms with Crippen LogP contribution in [0.1, 0.15) is 13.3 Å². The van der Waals surface area contributed by atoms with Crippen molar-refractivity contribution >= 4 is 29.5 Å². The molecule has 11 heavy (non-hydrogen) atoms. The van der Waals surface area contributed by atoms with Gasteiger partial charge < -0.3 is 5.11 Å². The minimum atomic E-state index is -0.710. The lowest BCUT2D eigenvalue weighted by Crippen LogP contribution is -1.99. The first-order chi connectivity index (χ1) is 5.27. The number of hydrogen-bond donors (Lipinski definition) is 1. The van der Waals surface area contributed by atoms with Crippen LogP contribution in [0.25, 0.3) is 0 Å². The summed E-state index contributed by atoms with van der Waals surface area (Å²) >= 11 is 3.41. The van der Waals surface area contributed by atoms with Crippen LogP contribution in [0.5, 0.6) is 0 Å². The maximum absolute atomic E-state index is 10.1. The van der Waals surface area contributed by atoms with Crippen LogP contribution in [0.15, 0.2) is 0 Å². The summed E-state index contributed by atoms with van der Waals surface area (Å²) in [4.78, 5) is 10.1. The van der Waals surface area contributed by atoms with E-state index in [0.29, 0.717) is 0 Å². The molecule has 0 bridgehead atoms. The molecule has 66 valence electrons. The molecule has 0 fully saturated rings. The molecule has 0 radical (unpaired) electrons. The molecule has 1 N–H and O–H groups in total. The molecule has 0 unspecified atom stereocenters. The molecule has 0 aliphatic rings. The van der Waals surface area contributed by atoms with Crippen LogP contribution >= 0.6 is 23.5 Å². The first kappa shape index (κ1) is 11.2. The highest BCUT2D eigenvalue weighted by Gasteiger charge is 1.95. The van der Waals surface area contributed by atoms with Gasteiger partial charge in [0.25, 0.3) is 0 Å². The molecule has 0 rings (SSSR count). The van der Waals surface area contributed by atoms with Crippen molar-refractivity contribution in [2.45, 2.75) is 13.3 Å². The summed E-state index contributed by atoms with van der Waals surface area (Å²) < 4.78 is 0. The fraction of sp³-hybridized carbons (Fsp3) is 0.857. The molecule has 0 aliphatic carbocycles. The summed E-state index contributed by atoms with van der Waals surface area (Å²) in [7, 11) is 0. The van der Waals surface area contributed by atoms with Crippen LogP contribution in [0.2, 0.25) is 0 Å². The van der Waals surface area contributed by atoms with E-state index in [1.165, 1.54) is 11.8 Å². The predicted molar refractivity (Wildman–Crippen MR) is 52.6 cm³/mol. The van der Waals surface area contributed by atoms with Crippen molar-refractivity contribution in [1.82, 2.24) is 0 Å². The van der Waals surface area contributed by atoms with Crippen molar-refractivity contribution in [3.8, 4) is 0 Å². The highest BCUT2D eigenvalue weighted by molar-refractivity contribution is 8.00. The molecule has 2 nitrogen and oxygen atoms in total. The van der Waals surface area contributed by atoms with E-state index in [1.807, 2.05) is 11.8 Å². The van der Waals surface area contributed by atoms with Crippen molar-refractivity contribution in [3.63, 3.8) is 0 Å². The zero-order valence-electron chi connectivity index (χ0n) is 6.71. The molecule has 0 spiro atoms. The third-order valence-corrected chi connectivity index (χ3v) is 3.02. The standard InChI is InChI=1S/C7H14O2S2/c1-2-10-4-3-5-11-6-7(8)9/h2-6H2,1H3,(H,8,9). The van der Waals surface area contributed by atoms with E-state index in [9.17, 15) is 4.79 Å². The number of thioether (sulfide) groups is 2. The fourth-order valence-electron chi connectivity index (χ4n) is 0.567. The van der Waals surface area contributed by atoms with Gasteiger partial charge in [0.05, 0.1) is 5.75 Å². The minimum Gasteiger partial charge on any atom is -0.481 e. The van der Waals surface area contributed by atoms with E-state index < -0.39 is 5.97 Å². The number of aliphatic carboxylic acids is 1. The zero-order chi connectivity index (χ0) is 8.53. The Balaban J connectivity index is 2.85. The smallest absolute Gasteiger partial charge is 0.313 e. The van der Waals surface area contributed by atoms with Gasteiger partial charge in [-0.2, -0.15) is 23.5 Å². The van der Waals surface area contributed by atoms with Crippen molar-refractivity contribution in [2.24, 2.45) is 0 Å². The zero-order valence-corrected chi connectivity index (χ0v) is 8.34. The van der Waals surface area contributed by atoms with Gasteiger partial charge in [-0.3, -0.25) is 4.79 Å². The van der Waals surface area contributed by atoms with Gasteiger partial charge >= 0.3 is 5.97 Å². The molecule has 0 atom stereocenters. The second kappa shape index (κ2) is 8.27. The van der Waals surface area contributed by atoms with Gasteiger partial charge in [0.15, 0.2) is 0 Å². The Labute approximate surface area is 76.1 Å². The number of hydrogen-bond acceptors (Lipinski definition) is 3. The van der Waals surface area contributed by atoms with Crippen LogP contribution in [-0.2, 0) is 4.79 Å². The van der Waals surface area contributed by atoms with E-state index in [2.05, 4.69) is 6.92 Å². The lowest BCUT2D eigenvalue weighted by Gasteiger charge is -1.97. The normalized spacial score (nSPS) is 9.91. The molecule has 0 aromatic carbocycles. The van der Waals surface area contributed by atoms with Crippen LogP contribution in [-0.4, -0.2) is 34.1 Å². The summed E-state index contributed by atoms with van der Waals surface area (Å²) in [6.07, 6.45) is 1.12. The molecule has 0 saturated carbocycles. The second-order valence-corrected chi connectivity index (χ2v) is 4.50. The molecule has 4 heteroatoms. The van der Waals surface area contributed by atoms with Crippen LogP contribution in [0.4, 0.5) is 0 Å². The molecule has 0 aromatic heterocycles. The lowest BCUT2D eigenvalue weighted by atomic mass is 10.6. The van der Waals surface area contributed by atoms with Gasteiger partial charge in [-0.05, 0) is 23.7 Å². The van der Waals surface area contributed by atoms with E-state index in [-0.39, 0.29) is 5.75 Å². The molecule has 0 saturated heterocycles. The topological polar surface area (TPSA) is 37.3 Å². The summed E-state index contributed by atoms with van der Waals surface area (Å²) in [5.74, 6) is 2.82. The Morgan fingerprint density at radius 1 is 1.36 bits per heavy atom. The Morgan fingerprint density at radius 3 is 2.55 bits per heavy atom. The summed E-state index contributed by atoms with van der Waals surface area (Å²) in [5.41, 5.74) is 0. The van der Waals surface area contributed by atoms with Gasteiger partial charge in [0.2, 0.25) is 0 Å². The van der Waals surface area contributed by atoms with Gasteiger partial charge in [-0.1, -0.05) is 6.92 Å². The first-order valence-corrected chi connectivity index (χ1v) is 5.95. The largest absolute Gasteiger partial charge is 0.481 e. The quantitative estimate of drug-likeness (QED) is 0.629. The number of rotatable bonds is 7. The highest BCUT2D eigenvalue weighted by atomic mass is 32.2. The van der Waals surface area contributed by atoms with Crippen LogP contribution < -0.4 is 0 Å². The van der Waals surface area contributed by atoms with Gasteiger partial charge in [0, 0.05) is 0 Å². The minimum absolute atomic E-state index is 0.247. The average Bonchev–Trinajstić information content (AvgIpc) is 1.96. The van der Waals surface area contributed by atoms with Crippen molar-refractivity contribution < 1.29 is 9.90 Å². The van der Waals surface area contributed by atoms with Crippen molar-refractivity contribution in [1.29, 1.82) is 0 Å². The SMILES string of the molecule is CCSCCCSCC(=O)O. The Kier molecular flexibility index (Phi) is 8.40. The Morgan fingerprint density at radius 2 is 2.00 bits per heavy atom. The highest BCUT2D eigenvalue weighted by Crippen LogP contribution is 2.06. The van der Waals surface area contributed by atoms with Gasteiger partial charge in [-0.15, -0.1) is 0 Å². The lowest BCUT2D eigenvalue weighted by molar-refractivity contribution is -0.133. The number of carbonyl (C=O) groups is 1. The van der Waals surface area contributed by atoms with Crippen molar-refractivity contribution in [2.75, 3.05) is 23.0 Å². The van der Waals surface area contributed by atoms with Crippen LogP contribution in [0, 0.1) is 0 Å². The second-order valence-electron chi connectivity index (χ2n) is 2.00. The monoisotopic (exact) mass is 194 g/mol. The van der Waals surface area contributed by atoms with E-state index in [4.69, 9.17) is 5.11 Å². The summed E-state index contributed by atoms with van der Waals surface area (Å²) in [6.45, 7) is 2.13. The van der Waals surface area contributed by atoms with E-state index in [1.54, 1.807) is 0 Å². The van der Waals surface area contributed by atoms with Gasteiger partial charge in [0.1, 0.15) is 0 Å². The van der Waals surface area contributed by atoms with E-state index >= 15 is 0 Å². The molecular formula is C7H14O2S2. The predicted octanol–water partition coefficient (Wildman–Crippen LogP) is 1.95. The molecule has 0 heterocycles. The third kappa shape index (κ3) is 10.2.